The van der Waals surface area contributed by atoms with Crippen LogP contribution in [0.5, 0.6) is 0 Å². The highest BCUT2D eigenvalue weighted by molar-refractivity contribution is 7.10. The van der Waals surface area contributed by atoms with Gasteiger partial charge in [-0.15, -0.1) is 22.7 Å². The Hall–Kier alpha value is -1.17. The third-order valence-corrected chi connectivity index (χ3v) is 5.17. The lowest BCUT2D eigenvalue weighted by Gasteiger charge is -2.20. The summed E-state index contributed by atoms with van der Waals surface area (Å²) >= 11 is 3.56. The minimum Gasteiger partial charge on any atom is -0.354 e. The van der Waals surface area contributed by atoms with E-state index >= 15 is 0 Å². The summed E-state index contributed by atoms with van der Waals surface area (Å²) in [7, 11) is 0. The monoisotopic (exact) mass is 292 g/mol. The second-order valence-electron chi connectivity index (χ2n) is 4.72. The van der Waals surface area contributed by atoms with Crippen LogP contribution >= 0.6 is 22.7 Å². The molecular weight excluding hydrogens is 276 g/mol. The van der Waals surface area contributed by atoms with Gasteiger partial charge in [-0.05, 0) is 22.9 Å². The zero-order chi connectivity index (χ0) is 13.1. The molecule has 0 aliphatic carbocycles. The molecule has 100 valence electrons. The van der Waals surface area contributed by atoms with Crippen LogP contribution in [0.4, 0.5) is 0 Å². The average molecular weight is 292 g/mol. The van der Waals surface area contributed by atoms with Gasteiger partial charge < -0.3 is 10.6 Å². The highest BCUT2D eigenvalue weighted by Gasteiger charge is 2.25. The summed E-state index contributed by atoms with van der Waals surface area (Å²) in [6.45, 7) is 0.741. The largest absolute Gasteiger partial charge is 0.354 e. The van der Waals surface area contributed by atoms with Crippen molar-refractivity contribution < 1.29 is 4.79 Å². The number of thiophene rings is 2. The summed E-state index contributed by atoms with van der Waals surface area (Å²) in [6.07, 6.45) is 1.58. The summed E-state index contributed by atoms with van der Waals surface area (Å²) in [5, 5.41) is 10.7. The minimum atomic E-state index is 0.151. The molecule has 2 unspecified atom stereocenters. The Kier molecular flexibility index (Phi) is 3.96. The van der Waals surface area contributed by atoms with Gasteiger partial charge in [-0.2, -0.15) is 0 Å². The topological polar surface area (TPSA) is 41.1 Å². The predicted octanol–water partition coefficient (Wildman–Crippen LogP) is 2.57. The highest BCUT2D eigenvalue weighted by atomic mass is 32.1. The molecule has 2 aromatic rings. The number of carbonyl (C=O) groups is 1. The van der Waals surface area contributed by atoms with E-state index in [9.17, 15) is 4.79 Å². The summed E-state index contributed by atoms with van der Waals surface area (Å²) in [6, 6.07) is 9.06. The fourth-order valence-electron chi connectivity index (χ4n) is 2.37. The van der Waals surface area contributed by atoms with Crippen molar-refractivity contribution in [1.29, 1.82) is 0 Å². The number of nitrogens with one attached hydrogen (secondary N) is 2. The van der Waals surface area contributed by atoms with Crippen molar-refractivity contribution in [3.05, 3.63) is 44.8 Å². The van der Waals surface area contributed by atoms with Crippen molar-refractivity contribution >= 4 is 28.6 Å². The molecule has 1 saturated heterocycles. The van der Waals surface area contributed by atoms with Gasteiger partial charge in [-0.1, -0.05) is 12.1 Å². The van der Waals surface area contributed by atoms with Gasteiger partial charge in [0.05, 0.1) is 0 Å². The lowest BCUT2D eigenvalue weighted by molar-refractivity contribution is -0.119. The second kappa shape index (κ2) is 5.86. The van der Waals surface area contributed by atoms with Gasteiger partial charge in [0.25, 0.3) is 0 Å². The second-order valence-corrected chi connectivity index (χ2v) is 6.73. The molecule has 0 bridgehead atoms. The first-order chi connectivity index (χ1) is 9.31. The van der Waals surface area contributed by atoms with E-state index in [0.717, 1.165) is 13.0 Å². The van der Waals surface area contributed by atoms with Crippen LogP contribution in [-0.4, -0.2) is 18.5 Å². The fraction of sp³-hybridized carbons (Fsp3) is 0.357. The standard InChI is InChI=1S/C14H16N2OS2/c17-14-7-10(9-15-14)16-12(13-4-2-6-19-13)8-11-3-1-5-18-11/h1-6,10,12,16H,7-9H2,(H,15,17). The van der Waals surface area contributed by atoms with E-state index in [1.165, 1.54) is 9.75 Å². The Morgan fingerprint density at radius 3 is 2.79 bits per heavy atom. The molecule has 19 heavy (non-hydrogen) atoms. The molecule has 0 saturated carbocycles. The molecule has 3 heterocycles. The van der Waals surface area contributed by atoms with Gasteiger partial charge in [-0.25, -0.2) is 0 Å². The van der Waals surface area contributed by atoms with E-state index in [1.54, 1.807) is 22.7 Å². The first kappa shape index (κ1) is 12.8. The number of hydrogen-bond donors (Lipinski definition) is 2. The lowest BCUT2D eigenvalue weighted by atomic mass is 10.1. The van der Waals surface area contributed by atoms with E-state index in [-0.39, 0.29) is 11.9 Å². The Labute approximate surface area is 120 Å². The molecule has 5 heteroatoms. The van der Waals surface area contributed by atoms with Crippen LogP contribution in [0.3, 0.4) is 0 Å². The van der Waals surface area contributed by atoms with Crippen molar-refractivity contribution in [2.75, 3.05) is 6.54 Å². The van der Waals surface area contributed by atoms with Crippen LogP contribution in [0.1, 0.15) is 22.2 Å². The van der Waals surface area contributed by atoms with Crippen LogP contribution in [0.25, 0.3) is 0 Å². The minimum absolute atomic E-state index is 0.151. The molecule has 1 fully saturated rings. The Morgan fingerprint density at radius 1 is 1.32 bits per heavy atom. The third kappa shape index (κ3) is 3.23. The first-order valence-electron chi connectivity index (χ1n) is 6.40. The van der Waals surface area contributed by atoms with Gasteiger partial charge in [-0.3, -0.25) is 4.79 Å². The van der Waals surface area contributed by atoms with Gasteiger partial charge in [0, 0.05) is 41.2 Å². The summed E-state index contributed by atoms with van der Waals surface area (Å²) in [4.78, 5) is 14.0. The van der Waals surface area contributed by atoms with Gasteiger partial charge in [0.15, 0.2) is 0 Å². The molecular formula is C14H16N2OS2. The maximum Gasteiger partial charge on any atom is 0.221 e. The van der Waals surface area contributed by atoms with Crippen molar-refractivity contribution in [2.24, 2.45) is 0 Å². The molecule has 0 spiro atoms. The molecule has 1 aliphatic heterocycles. The normalized spacial score (nSPS) is 20.4. The maximum atomic E-state index is 11.3. The molecule has 2 atom stereocenters. The highest BCUT2D eigenvalue weighted by Crippen LogP contribution is 2.26. The van der Waals surface area contributed by atoms with Gasteiger partial charge in [0.1, 0.15) is 0 Å². The first-order valence-corrected chi connectivity index (χ1v) is 8.16. The predicted molar refractivity (Wildman–Crippen MR) is 79.6 cm³/mol. The van der Waals surface area contributed by atoms with Crippen molar-refractivity contribution in [1.82, 2.24) is 10.6 Å². The van der Waals surface area contributed by atoms with Crippen LogP contribution in [0.15, 0.2) is 35.0 Å². The number of hydrogen-bond acceptors (Lipinski definition) is 4. The Morgan fingerprint density at radius 2 is 2.16 bits per heavy atom. The summed E-state index contributed by atoms with van der Waals surface area (Å²) in [5.74, 6) is 0.151. The van der Waals surface area contributed by atoms with E-state index < -0.39 is 0 Å². The quantitative estimate of drug-likeness (QED) is 0.889. The zero-order valence-electron chi connectivity index (χ0n) is 10.5. The molecule has 2 N–H and O–H groups in total. The molecule has 1 amide bonds. The number of carbonyl (C=O) groups excluding carboxylic acids is 1. The smallest absolute Gasteiger partial charge is 0.221 e. The Bertz CT molecular complexity index is 522. The summed E-state index contributed by atoms with van der Waals surface area (Å²) in [5.41, 5.74) is 0. The van der Waals surface area contributed by atoms with Crippen molar-refractivity contribution in [3.63, 3.8) is 0 Å². The number of amides is 1. The van der Waals surface area contributed by atoms with E-state index in [1.807, 2.05) is 0 Å². The molecule has 0 aromatic carbocycles. The van der Waals surface area contributed by atoms with Crippen LogP contribution in [0, 0.1) is 0 Å². The maximum absolute atomic E-state index is 11.3. The Balaban J connectivity index is 1.71. The molecule has 3 rings (SSSR count). The van der Waals surface area contributed by atoms with Crippen molar-refractivity contribution in [3.8, 4) is 0 Å². The van der Waals surface area contributed by atoms with E-state index in [4.69, 9.17) is 0 Å². The SMILES string of the molecule is O=C1CC(NC(Cc2cccs2)c2cccs2)CN1. The molecule has 3 nitrogen and oxygen atoms in total. The van der Waals surface area contributed by atoms with Crippen LogP contribution in [-0.2, 0) is 11.2 Å². The zero-order valence-corrected chi connectivity index (χ0v) is 12.1. The fourth-order valence-corrected chi connectivity index (χ4v) is 3.91. The molecule has 0 radical (unpaired) electrons. The van der Waals surface area contributed by atoms with E-state index in [0.29, 0.717) is 12.5 Å². The lowest BCUT2D eigenvalue weighted by Crippen LogP contribution is -2.35. The molecule has 2 aromatic heterocycles. The average Bonchev–Trinajstić information content (AvgIpc) is 3.10. The summed E-state index contributed by atoms with van der Waals surface area (Å²) < 4.78 is 0. The van der Waals surface area contributed by atoms with E-state index in [2.05, 4.69) is 45.7 Å². The number of rotatable bonds is 5. The van der Waals surface area contributed by atoms with Gasteiger partial charge in [0.2, 0.25) is 5.91 Å². The van der Waals surface area contributed by atoms with Crippen molar-refractivity contribution in [2.45, 2.75) is 24.9 Å². The molecule has 1 aliphatic rings. The van der Waals surface area contributed by atoms with Gasteiger partial charge >= 0.3 is 0 Å². The van der Waals surface area contributed by atoms with Crippen LogP contribution in [0.2, 0.25) is 0 Å². The van der Waals surface area contributed by atoms with Crippen LogP contribution < -0.4 is 10.6 Å². The third-order valence-electron chi connectivity index (χ3n) is 3.29.